The van der Waals surface area contributed by atoms with Crippen molar-refractivity contribution in [1.29, 1.82) is 0 Å². The summed E-state index contributed by atoms with van der Waals surface area (Å²) in [7, 11) is 0. The van der Waals surface area contributed by atoms with Crippen molar-refractivity contribution < 1.29 is 9.59 Å². The Kier molecular flexibility index (Phi) is 10.0. The molecule has 0 spiro atoms. The Labute approximate surface area is 251 Å². The Morgan fingerprint density at radius 3 is 1.83 bits per heavy atom. The lowest BCUT2D eigenvalue weighted by molar-refractivity contribution is -0.141. The molecule has 0 saturated heterocycles. The predicted molar refractivity (Wildman–Crippen MR) is 168 cm³/mol. The van der Waals surface area contributed by atoms with Crippen LogP contribution in [0.1, 0.15) is 60.3 Å². The van der Waals surface area contributed by atoms with E-state index in [2.05, 4.69) is 45.5 Å². The summed E-state index contributed by atoms with van der Waals surface area (Å²) in [6, 6.07) is 38.0. The minimum Gasteiger partial charge on any atom is -0.352 e. The first kappa shape index (κ1) is 28.8. The van der Waals surface area contributed by atoms with Crippen molar-refractivity contribution in [3.05, 3.63) is 142 Å². The van der Waals surface area contributed by atoms with Gasteiger partial charge in [-0.05, 0) is 47.2 Å². The van der Waals surface area contributed by atoms with E-state index in [4.69, 9.17) is 0 Å². The molecule has 1 atom stereocenters. The zero-order valence-electron chi connectivity index (χ0n) is 23.3. The van der Waals surface area contributed by atoms with Gasteiger partial charge < -0.3 is 10.2 Å². The second kappa shape index (κ2) is 14.3. The fraction of sp³-hybridized carbons (Fsp3) is 0.278. The molecule has 2 amide bonds. The lowest BCUT2D eigenvalue weighted by Crippen LogP contribution is -2.52. The summed E-state index contributed by atoms with van der Waals surface area (Å²) in [6.45, 7) is 0.359. The molecule has 5 rings (SSSR count). The van der Waals surface area contributed by atoms with Gasteiger partial charge in [0.25, 0.3) is 0 Å². The molecule has 41 heavy (non-hydrogen) atoms. The van der Waals surface area contributed by atoms with Crippen LogP contribution in [0.15, 0.2) is 120 Å². The maximum Gasteiger partial charge on any atom is 0.243 e. The highest BCUT2D eigenvalue weighted by Crippen LogP contribution is 2.30. The summed E-state index contributed by atoms with van der Waals surface area (Å²) in [5.74, 6) is -0.220. The van der Waals surface area contributed by atoms with Gasteiger partial charge in [0, 0.05) is 35.8 Å². The van der Waals surface area contributed by atoms with Gasteiger partial charge in [-0.2, -0.15) is 0 Å². The van der Waals surface area contributed by atoms with E-state index in [0.29, 0.717) is 13.0 Å². The second-order valence-corrected chi connectivity index (χ2v) is 11.8. The van der Waals surface area contributed by atoms with Gasteiger partial charge in [0.05, 0.1) is 0 Å². The van der Waals surface area contributed by atoms with E-state index in [1.54, 1.807) is 0 Å². The summed E-state index contributed by atoms with van der Waals surface area (Å²) in [6.07, 6.45) is 4.98. The molecule has 4 nitrogen and oxygen atoms in total. The normalized spacial score (nSPS) is 14.1. The van der Waals surface area contributed by atoms with Gasteiger partial charge in [-0.1, -0.05) is 132 Å². The van der Waals surface area contributed by atoms with Crippen molar-refractivity contribution in [3.8, 4) is 0 Å². The van der Waals surface area contributed by atoms with Crippen LogP contribution in [0.3, 0.4) is 0 Å². The second-order valence-electron chi connectivity index (χ2n) is 10.9. The number of nitrogens with one attached hydrogen (secondary N) is 1. The summed E-state index contributed by atoms with van der Waals surface area (Å²) in [4.78, 5) is 30.3. The minimum absolute atomic E-state index is 0.0341. The van der Waals surface area contributed by atoms with Crippen LogP contribution in [0, 0.1) is 0 Å². The third kappa shape index (κ3) is 7.95. The molecule has 1 aliphatic rings. The number of halogens is 1. The third-order valence-electron chi connectivity index (χ3n) is 8.02. The molecule has 1 aliphatic carbocycles. The van der Waals surface area contributed by atoms with Gasteiger partial charge in [0.15, 0.2) is 0 Å². The van der Waals surface area contributed by atoms with Gasteiger partial charge in [0.2, 0.25) is 11.8 Å². The van der Waals surface area contributed by atoms with E-state index in [1.165, 1.54) is 0 Å². The molecular formula is C36H37BrN2O2. The molecule has 0 aromatic heterocycles. The van der Waals surface area contributed by atoms with Crippen LogP contribution < -0.4 is 5.32 Å². The number of hydrogen-bond acceptors (Lipinski definition) is 2. The maximum atomic E-state index is 14.5. The van der Waals surface area contributed by atoms with Gasteiger partial charge >= 0.3 is 0 Å². The van der Waals surface area contributed by atoms with Gasteiger partial charge in [0.1, 0.15) is 6.04 Å². The monoisotopic (exact) mass is 608 g/mol. The van der Waals surface area contributed by atoms with E-state index in [0.717, 1.165) is 52.4 Å². The molecular weight excluding hydrogens is 572 g/mol. The van der Waals surface area contributed by atoms with Crippen molar-refractivity contribution in [1.82, 2.24) is 10.2 Å². The molecule has 1 fully saturated rings. The van der Waals surface area contributed by atoms with E-state index in [9.17, 15) is 9.59 Å². The maximum absolute atomic E-state index is 14.5. The lowest BCUT2D eigenvalue weighted by Gasteiger charge is -2.33. The molecule has 4 aromatic rings. The molecule has 0 bridgehead atoms. The van der Waals surface area contributed by atoms with E-state index in [1.807, 2.05) is 95.9 Å². The molecule has 5 heteroatoms. The average molecular weight is 610 g/mol. The van der Waals surface area contributed by atoms with Crippen LogP contribution in [0.4, 0.5) is 0 Å². The van der Waals surface area contributed by atoms with Crippen LogP contribution in [0.2, 0.25) is 0 Å². The Hall–Kier alpha value is -3.70. The van der Waals surface area contributed by atoms with Crippen molar-refractivity contribution in [2.75, 3.05) is 0 Å². The summed E-state index contributed by atoms with van der Waals surface area (Å²) in [5.41, 5.74) is 4.20. The Morgan fingerprint density at radius 1 is 0.732 bits per heavy atom. The Balaban J connectivity index is 1.50. The van der Waals surface area contributed by atoms with Crippen LogP contribution in [-0.2, 0) is 22.6 Å². The first-order valence-corrected chi connectivity index (χ1v) is 15.3. The van der Waals surface area contributed by atoms with Crippen molar-refractivity contribution >= 4 is 27.7 Å². The van der Waals surface area contributed by atoms with Gasteiger partial charge in [-0.25, -0.2) is 0 Å². The van der Waals surface area contributed by atoms with E-state index < -0.39 is 6.04 Å². The highest BCUT2D eigenvalue weighted by Gasteiger charge is 2.33. The number of benzene rings is 4. The van der Waals surface area contributed by atoms with Crippen LogP contribution in [0.5, 0.6) is 0 Å². The van der Waals surface area contributed by atoms with Gasteiger partial charge in [-0.3, -0.25) is 9.59 Å². The Morgan fingerprint density at radius 2 is 1.27 bits per heavy atom. The molecule has 0 aliphatic heterocycles. The molecule has 1 saturated carbocycles. The summed E-state index contributed by atoms with van der Waals surface area (Å²) in [5, 5.41) is 3.31. The SMILES string of the molecule is O=C(NC1CCCC1)[C@@H](Cc1ccccc1)N(Cc1ccc(Br)cc1)C(=O)CC(c1ccccc1)c1ccccc1. The van der Waals surface area contributed by atoms with Crippen LogP contribution >= 0.6 is 15.9 Å². The number of carbonyl (C=O) groups excluding carboxylic acids is 2. The summed E-state index contributed by atoms with van der Waals surface area (Å²) < 4.78 is 0.979. The van der Waals surface area contributed by atoms with Crippen molar-refractivity contribution in [2.24, 2.45) is 0 Å². The topological polar surface area (TPSA) is 49.4 Å². The highest BCUT2D eigenvalue weighted by molar-refractivity contribution is 9.10. The fourth-order valence-corrected chi connectivity index (χ4v) is 6.06. The molecule has 4 aromatic carbocycles. The molecule has 0 unspecified atom stereocenters. The van der Waals surface area contributed by atoms with Crippen LogP contribution in [0.25, 0.3) is 0 Å². The molecule has 1 N–H and O–H groups in total. The average Bonchev–Trinajstić information content (AvgIpc) is 3.53. The number of rotatable bonds is 11. The number of carbonyl (C=O) groups is 2. The quantitative estimate of drug-likeness (QED) is 0.190. The molecule has 210 valence electrons. The zero-order chi connectivity index (χ0) is 28.4. The zero-order valence-corrected chi connectivity index (χ0v) is 24.9. The van der Waals surface area contributed by atoms with E-state index >= 15 is 0 Å². The first-order valence-electron chi connectivity index (χ1n) is 14.5. The van der Waals surface area contributed by atoms with Gasteiger partial charge in [-0.15, -0.1) is 0 Å². The standard InChI is InChI=1S/C36H37BrN2O2/c37-31-22-20-28(21-23-31)26-39(34(24-27-12-4-1-5-13-27)36(41)38-32-18-10-11-19-32)35(40)25-33(29-14-6-2-7-15-29)30-16-8-3-9-17-30/h1-9,12-17,20-23,32-34H,10-11,18-19,24-26H2,(H,38,41)/t34-/m1/s1. The predicted octanol–water partition coefficient (Wildman–Crippen LogP) is 7.67. The minimum atomic E-state index is -0.624. The van der Waals surface area contributed by atoms with Crippen LogP contribution in [-0.4, -0.2) is 28.8 Å². The number of amides is 2. The van der Waals surface area contributed by atoms with E-state index in [-0.39, 0.29) is 30.2 Å². The lowest BCUT2D eigenvalue weighted by atomic mass is 9.87. The van der Waals surface area contributed by atoms with Crippen molar-refractivity contribution in [2.45, 2.75) is 63.1 Å². The fourth-order valence-electron chi connectivity index (χ4n) is 5.80. The first-order chi connectivity index (χ1) is 20.1. The third-order valence-corrected chi connectivity index (χ3v) is 8.55. The Bertz CT molecular complexity index is 1350. The largest absolute Gasteiger partial charge is 0.352 e. The molecule has 0 radical (unpaired) electrons. The highest BCUT2D eigenvalue weighted by atomic mass is 79.9. The number of hydrogen-bond donors (Lipinski definition) is 1. The smallest absolute Gasteiger partial charge is 0.243 e. The summed E-state index contributed by atoms with van der Waals surface area (Å²) >= 11 is 3.53. The van der Waals surface area contributed by atoms with Crippen molar-refractivity contribution in [3.63, 3.8) is 0 Å². The number of nitrogens with zero attached hydrogens (tertiary/aromatic N) is 1. The molecule has 0 heterocycles.